The maximum Gasteiger partial charge on any atom is 0.307 e. The van der Waals surface area contributed by atoms with Crippen LogP contribution in [0.15, 0.2) is 29.3 Å². The molecule has 2 rings (SSSR count). The van der Waals surface area contributed by atoms with E-state index in [1.165, 1.54) is 0 Å². The van der Waals surface area contributed by atoms with Gasteiger partial charge < -0.3 is 15.8 Å². The van der Waals surface area contributed by atoms with Crippen LogP contribution in [0, 0.1) is 0 Å². The van der Waals surface area contributed by atoms with Crippen LogP contribution in [-0.2, 0) is 15.1 Å². The molecule has 3 N–H and O–H groups in total. The number of nitrogens with zero attached hydrogens (tertiary/aromatic N) is 1. The zero-order chi connectivity index (χ0) is 18.4. The van der Waals surface area contributed by atoms with E-state index in [0.29, 0.717) is 17.3 Å². The van der Waals surface area contributed by atoms with Crippen LogP contribution >= 0.6 is 11.8 Å². The summed E-state index contributed by atoms with van der Waals surface area (Å²) in [6, 6.07) is 7.11. The molecule has 7 heteroatoms. The number of nitrogens with one attached hydrogen (secondary N) is 1. The zero-order valence-electron chi connectivity index (χ0n) is 14.9. The highest BCUT2D eigenvalue weighted by molar-refractivity contribution is 8.13. The van der Waals surface area contributed by atoms with Crippen LogP contribution < -0.4 is 11.1 Å². The Morgan fingerprint density at radius 1 is 1.48 bits per heavy atom. The number of ether oxygens (including phenoxy) is 1. The third-order valence-electron chi connectivity index (χ3n) is 4.10. The van der Waals surface area contributed by atoms with Crippen molar-refractivity contribution in [3.63, 3.8) is 0 Å². The molecule has 0 fully saturated rings. The largest absolute Gasteiger partial charge is 0.466 e. The fraction of sp³-hybridized carbons (Fsp3) is 0.500. The molecule has 2 atom stereocenters. The van der Waals surface area contributed by atoms with Crippen molar-refractivity contribution in [2.24, 2.45) is 10.7 Å². The summed E-state index contributed by atoms with van der Waals surface area (Å²) in [6.07, 6.45) is 1.01. The lowest BCUT2D eigenvalue weighted by Crippen LogP contribution is -2.35. The molecule has 0 radical (unpaired) electrons. The molecule has 0 aromatic heterocycles. The van der Waals surface area contributed by atoms with Crippen molar-refractivity contribution < 1.29 is 14.3 Å². The van der Waals surface area contributed by atoms with Gasteiger partial charge in [-0.15, -0.1) is 0 Å². The van der Waals surface area contributed by atoms with Crippen LogP contribution in [0.25, 0.3) is 0 Å². The molecule has 136 valence electrons. The normalized spacial score (nSPS) is 21.2. The molecule has 1 amide bonds. The minimum atomic E-state index is -0.415. The summed E-state index contributed by atoms with van der Waals surface area (Å²) in [5.41, 5.74) is 6.96. The Hall–Kier alpha value is -2.02. The number of hydrogen-bond donors (Lipinski definition) is 2. The van der Waals surface area contributed by atoms with E-state index in [9.17, 15) is 9.59 Å². The van der Waals surface area contributed by atoms with Gasteiger partial charge in [0, 0.05) is 17.4 Å². The van der Waals surface area contributed by atoms with Gasteiger partial charge in [-0.2, -0.15) is 0 Å². The smallest absolute Gasteiger partial charge is 0.307 e. The fourth-order valence-corrected chi connectivity index (χ4v) is 3.69. The average Bonchev–Trinajstić information content (AvgIpc) is 2.54. The van der Waals surface area contributed by atoms with E-state index >= 15 is 0 Å². The minimum absolute atomic E-state index is 0.148. The van der Waals surface area contributed by atoms with Gasteiger partial charge in [0.05, 0.1) is 18.6 Å². The number of hydrogen-bond acceptors (Lipinski definition) is 6. The first-order valence-corrected chi connectivity index (χ1v) is 9.38. The third-order valence-corrected chi connectivity index (χ3v) is 4.89. The second-order valence-corrected chi connectivity index (χ2v) is 7.40. The molecule has 1 aromatic rings. The van der Waals surface area contributed by atoms with E-state index in [4.69, 9.17) is 10.5 Å². The second kappa shape index (κ2) is 8.38. The molecule has 0 spiro atoms. The summed E-state index contributed by atoms with van der Waals surface area (Å²) >= 11 is 1.55. The highest BCUT2D eigenvalue weighted by Crippen LogP contribution is 2.35. The summed E-state index contributed by atoms with van der Waals surface area (Å²) in [4.78, 5) is 28.5. The van der Waals surface area contributed by atoms with Crippen molar-refractivity contribution in [3.05, 3.63) is 35.4 Å². The number of amidine groups is 1. The second-order valence-electron chi connectivity index (χ2n) is 6.29. The quantitative estimate of drug-likeness (QED) is 0.757. The van der Waals surface area contributed by atoms with Crippen molar-refractivity contribution in [1.29, 1.82) is 0 Å². The molecule has 6 nitrogen and oxygen atoms in total. The lowest BCUT2D eigenvalue weighted by atomic mass is 9.88. The molecule has 1 heterocycles. The number of rotatable bonds is 6. The third kappa shape index (κ3) is 5.22. The number of thioether (sulfide) groups is 1. The number of esters is 1. The molecule has 1 aliphatic rings. The first-order valence-electron chi connectivity index (χ1n) is 8.39. The van der Waals surface area contributed by atoms with Crippen molar-refractivity contribution >= 4 is 28.8 Å². The van der Waals surface area contributed by atoms with Crippen molar-refractivity contribution in [1.82, 2.24) is 5.32 Å². The van der Waals surface area contributed by atoms with Crippen molar-refractivity contribution in [3.8, 4) is 0 Å². The number of nitrogens with two attached hydrogens (primary N) is 1. The average molecular weight is 363 g/mol. The maximum absolute atomic E-state index is 12.5. The number of aliphatic imine (C=N–C) groups is 1. The molecule has 2 unspecified atom stereocenters. The molecular formula is C18H25N3O3S. The van der Waals surface area contributed by atoms with Gasteiger partial charge in [0.15, 0.2) is 5.17 Å². The summed E-state index contributed by atoms with van der Waals surface area (Å²) in [5.74, 6) is 0.365. The Bertz CT molecular complexity index is 677. The van der Waals surface area contributed by atoms with Crippen molar-refractivity contribution in [2.75, 3.05) is 12.4 Å². The number of amides is 1. The summed E-state index contributed by atoms with van der Waals surface area (Å²) in [7, 11) is 0. The molecular weight excluding hydrogens is 338 g/mol. The van der Waals surface area contributed by atoms with Gasteiger partial charge in [0.1, 0.15) is 0 Å². The van der Waals surface area contributed by atoms with Crippen LogP contribution in [0.5, 0.6) is 0 Å². The van der Waals surface area contributed by atoms with Crippen LogP contribution in [0.1, 0.15) is 49.5 Å². The highest BCUT2D eigenvalue weighted by Gasteiger charge is 2.30. The number of benzene rings is 1. The SMILES string of the molecule is CCOC(=O)CC(C)NC(=O)c1cccc(C2(C)CCSC(N)=N2)c1. The van der Waals surface area contributed by atoms with E-state index in [2.05, 4.69) is 10.3 Å². The van der Waals surface area contributed by atoms with Crippen LogP contribution in [0.3, 0.4) is 0 Å². The Morgan fingerprint density at radius 2 is 2.24 bits per heavy atom. The summed E-state index contributed by atoms with van der Waals surface area (Å²) in [6.45, 7) is 5.90. The topological polar surface area (TPSA) is 93.8 Å². The van der Waals surface area contributed by atoms with Gasteiger partial charge in [-0.1, -0.05) is 23.9 Å². The minimum Gasteiger partial charge on any atom is -0.466 e. The standard InChI is InChI=1S/C18H25N3O3S/c1-4-24-15(22)10-12(2)20-16(23)13-6-5-7-14(11-13)18(3)8-9-25-17(19)21-18/h5-7,11-12H,4,8-10H2,1-3H3,(H2,19,21)(H,20,23). The molecule has 0 bridgehead atoms. The molecule has 0 saturated heterocycles. The molecule has 0 aliphatic carbocycles. The van der Waals surface area contributed by atoms with Gasteiger partial charge >= 0.3 is 5.97 Å². The highest BCUT2D eigenvalue weighted by atomic mass is 32.2. The lowest BCUT2D eigenvalue weighted by Gasteiger charge is -2.30. The van der Waals surface area contributed by atoms with Crippen LogP contribution in [0.2, 0.25) is 0 Å². The van der Waals surface area contributed by atoms with E-state index in [1.807, 2.05) is 25.1 Å². The van der Waals surface area contributed by atoms with E-state index < -0.39 is 5.54 Å². The van der Waals surface area contributed by atoms with E-state index in [0.717, 1.165) is 17.7 Å². The maximum atomic E-state index is 12.5. The summed E-state index contributed by atoms with van der Waals surface area (Å²) in [5, 5.41) is 3.41. The van der Waals surface area contributed by atoms with Crippen molar-refractivity contribution in [2.45, 2.75) is 45.2 Å². The lowest BCUT2D eigenvalue weighted by molar-refractivity contribution is -0.143. The van der Waals surface area contributed by atoms with Crippen LogP contribution in [0.4, 0.5) is 0 Å². The Balaban J connectivity index is 2.09. The van der Waals surface area contributed by atoms with E-state index in [1.54, 1.807) is 31.7 Å². The first-order chi connectivity index (χ1) is 11.8. The predicted octanol–water partition coefficient (Wildman–Crippen LogP) is 2.42. The van der Waals surface area contributed by atoms with Crippen LogP contribution in [-0.4, -0.2) is 35.4 Å². The molecule has 0 saturated carbocycles. The van der Waals surface area contributed by atoms with Gasteiger partial charge in [-0.05, 0) is 44.9 Å². The monoisotopic (exact) mass is 363 g/mol. The van der Waals surface area contributed by atoms with Gasteiger partial charge in [-0.3, -0.25) is 14.6 Å². The molecule has 1 aliphatic heterocycles. The Morgan fingerprint density at radius 3 is 2.92 bits per heavy atom. The molecule has 1 aromatic carbocycles. The molecule has 25 heavy (non-hydrogen) atoms. The Kier molecular flexibility index (Phi) is 6.47. The van der Waals surface area contributed by atoms with E-state index in [-0.39, 0.29) is 24.3 Å². The first kappa shape index (κ1) is 19.3. The fourth-order valence-electron chi connectivity index (χ4n) is 2.72. The summed E-state index contributed by atoms with van der Waals surface area (Å²) < 4.78 is 4.90. The predicted molar refractivity (Wildman–Crippen MR) is 101 cm³/mol. The van der Waals surface area contributed by atoms with Gasteiger partial charge in [0.25, 0.3) is 5.91 Å². The van der Waals surface area contributed by atoms with Gasteiger partial charge in [0.2, 0.25) is 0 Å². The van der Waals surface area contributed by atoms with Gasteiger partial charge in [-0.25, -0.2) is 0 Å². The number of carbonyl (C=O) groups is 2. The number of carbonyl (C=O) groups excluding carboxylic acids is 2. The Labute approximate surface area is 152 Å². The zero-order valence-corrected chi connectivity index (χ0v) is 15.7.